The van der Waals surface area contributed by atoms with E-state index in [-0.39, 0.29) is 24.4 Å². The van der Waals surface area contributed by atoms with Crippen LogP contribution in [0.5, 0.6) is 0 Å². The molecule has 1 atom stereocenters. The quantitative estimate of drug-likeness (QED) is 0.657. The van der Waals surface area contributed by atoms with Crippen LogP contribution in [0.3, 0.4) is 0 Å². The lowest BCUT2D eigenvalue weighted by molar-refractivity contribution is -0.144. The van der Waals surface area contributed by atoms with E-state index in [2.05, 4.69) is 12.2 Å². The second kappa shape index (κ2) is 8.08. The van der Waals surface area contributed by atoms with Gasteiger partial charge in [-0.3, -0.25) is 9.59 Å². The summed E-state index contributed by atoms with van der Waals surface area (Å²) in [5.41, 5.74) is 0. The Morgan fingerprint density at radius 3 is 2.67 bits per heavy atom. The molecule has 18 heavy (non-hydrogen) atoms. The van der Waals surface area contributed by atoms with Crippen molar-refractivity contribution in [2.24, 2.45) is 0 Å². The first-order valence-corrected chi connectivity index (χ1v) is 6.85. The van der Waals surface area contributed by atoms with Gasteiger partial charge in [-0.2, -0.15) is 0 Å². The summed E-state index contributed by atoms with van der Waals surface area (Å²) in [7, 11) is 0. The Labute approximate surface area is 109 Å². The van der Waals surface area contributed by atoms with Gasteiger partial charge >= 0.3 is 0 Å². The molecule has 1 saturated heterocycles. The fourth-order valence-electron chi connectivity index (χ4n) is 1.95. The van der Waals surface area contributed by atoms with Crippen molar-refractivity contribution < 1.29 is 14.3 Å². The molecule has 1 N–H and O–H groups in total. The molecule has 0 radical (unpaired) electrons. The first kappa shape index (κ1) is 15.0. The van der Waals surface area contributed by atoms with Crippen LogP contribution in [0.15, 0.2) is 0 Å². The molecule has 0 aromatic carbocycles. The highest BCUT2D eigenvalue weighted by Crippen LogP contribution is 2.06. The van der Waals surface area contributed by atoms with Crippen LogP contribution < -0.4 is 5.32 Å². The molecule has 1 rings (SSSR count). The molecule has 1 aliphatic rings. The zero-order valence-corrected chi connectivity index (χ0v) is 11.4. The summed E-state index contributed by atoms with van der Waals surface area (Å²) in [5.74, 6) is -0.0287. The third kappa shape index (κ3) is 4.64. The molecule has 0 spiro atoms. The van der Waals surface area contributed by atoms with Crippen molar-refractivity contribution in [3.8, 4) is 0 Å². The van der Waals surface area contributed by atoms with Crippen LogP contribution in [0.2, 0.25) is 0 Å². The number of hydrogen-bond donors (Lipinski definition) is 1. The average molecular weight is 256 g/mol. The van der Waals surface area contributed by atoms with Crippen LogP contribution in [-0.2, 0) is 14.3 Å². The minimum absolute atomic E-state index is 0.0330. The highest BCUT2D eigenvalue weighted by Gasteiger charge is 2.30. The van der Waals surface area contributed by atoms with Crippen LogP contribution in [0, 0.1) is 0 Å². The molecule has 5 nitrogen and oxygen atoms in total. The van der Waals surface area contributed by atoms with Gasteiger partial charge in [-0.15, -0.1) is 0 Å². The lowest BCUT2D eigenvalue weighted by Gasteiger charge is -2.32. The topological polar surface area (TPSA) is 58.6 Å². The summed E-state index contributed by atoms with van der Waals surface area (Å²) in [5, 5.41) is 2.70. The maximum Gasteiger partial charge on any atom is 0.245 e. The van der Waals surface area contributed by atoms with Gasteiger partial charge < -0.3 is 15.0 Å². The van der Waals surface area contributed by atoms with Crippen LogP contribution in [-0.4, -0.2) is 49.1 Å². The summed E-state index contributed by atoms with van der Waals surface area (Å²) < 4.78 is 5.44. The smallest absolute Gasteiger partial charge is 0.245 e. The number of piperazine rings is 1. The molecule has 1 fully saturated rings. The van der Waals surface area contributed by atoms with Crippen molar-refractivity contribution in [3.63, 3.8) is 0 Å². The maximum absolute atomic E-state index is 11.9. The molecule has 5 heteroatoms. The summed E-state index contributed by atoms with van der Waals surface area (Å²) >= 11 is 0. The van der Waals surface area contributed by atoms with Crippen LogP contribution in [0.4, 0.5) is 0 Å². The normalized spacial score (nSPS) is 20.1. The second-order valence-corrected chi connectivity index (χ2v) is 4.61. The first-order chi connectivity index (χ1) is 8.69. The SMILES string of the molecule is CCCCOCCCN1CC(=O)NC(CC)C1=O. The van der Waals surface area contributed by atoms with Crippen LogP contribution in [0.1, 0.15) is 39.5 Å². The van der Waals surface area contributed by atoms with Crippen molar-refractivity contribution in [3.05, 3.63) is 0 Å². The van der Waals surface area contributed by atoms with Gasteiger partial charge in [0.2, 0.25) is 11.8 Å². The van der Waals surface area contributed by atoms with Gasteiger partial charge in [0.25, 0.3) is 0 Å². The van der Waals surface area contributed by atoms with Crippen molar-refractivity contribution in [1.29, 1.82) is 0 Å². The fraction of sp³-hybridized carbons (Fsp3) is 0.846. The predicted octanol–water partition coefficient (Wildman–Crippen LogP) is 0.930. The molecule has 0 aliphatic carbocycles. The minimum Gasteiger partial charge on any atom is -0.381 e. The lowest BCUT2D eigenvalue weighted by atomic mass is 10.1. The number of hydrogen-bond acceptors (Lipinski definition) is 3. The summed E-state index contributed by atoms with van der Waals surface area (Å²) in [6.07, 6.45) is 3.64. The number of carbonyl (C=O) groups is 2. The number of amides is 2. The third-order valence-corrected chi connectivity index (χ3v) is 3.05. The molecule has 0 aromatic heterocycles. The zero-order chi connectivity index (χ0) is 13.4. The largest absolute Gasteiger partial charge is 0.381 e. The molecular formula is C13H24N2O3. The third-order valence-electron chi connectivity index (χ3n) is 3.05. The Hall–Kier alpha value is -1.10. The molecule has 2 amide bonds. The fourth-order valence-corrected chi connectivity index (χ4v) is 1.95. The number of unbranched alkanes of at least 4 members (excludes halogenated alkanes) is 1. The van der Waals surface area contributed by atoms with Gasteiger partial charge in [0.15, 0.2) is 0 Å². The minimum atomic E-state index is -0.341. The Morgan fingerprint density at radius 1 is 1.28 bits per heavy atom. The molecule has 104 valence electrons. The number of nitrogens with one attached hydrogen (secondary N) is 1. The van der Waals surface area contributed by atoms with Crippen LogP contribution >= 0.6 is 0 Å². The van der Waals surface area contributed by atoms with Gasteiger partial charge in [-0.05, 0) is 19.3 Å². The molecule has 0 saturated carbocycles. The van der Waals surface area contributed by atoms with Crippen molar-refractivity contribution >= 4 is 11.8 Å². The Bertz CT molecular complexity index is 281. The van der Waals surface area contributed by atoms with E-state index < -0.39 is 0 Å². The lowest BCUT2D eigenvalue weighted by Crippen LogP contribution is -2.57. The van der Waals surface area contributed by atoms with Crippen LogP contribution in [0.25, 0.3) is 0 Å². The number of carbonyl (C=O) groups excluding carboxylic acids is 2. The van der Waals surface area contributed by atoms with E-state index in [0.717, 1.165) is 25.9 Å². The number of rotatable bonds is 8. The van der Waals surface area contributed by atoms with Gasteiger partial charge in [-0.25, -0.2) is 0 Å². The van der Waals surface area contributed by atoms with E-state index >= 15 is 0 Å². The first-order valence-electron chi connectivity index (χ1n) is 6.85. The Morgan fingerprint density at radius 2 is 2.00 bits per heavy atom. The van der Waals surface area contributed by atoms with E-state index in [4.69, 9.17) is 4.74 Å². The molecule has 1 unspecified atom stereocenters. The zero-order valence-electron chi connectivity index (χ0n) is 11.4. The molecule has 0 bridgehead atoms. The summed E-state index contributed by atoms with van der Waals surface area (Å²) in [6, 6.07) is -0.341. The van der Waals surface area contributed by atoms with E-state index in [1.165, 1.54) is 0 Å². The Kier molecular flexibility index (Phi) is 6.72. The van der Waals surface area contributed by atoms with E-state index in [1.54, 1.807) is 4.90 Å². The van der Waals surface area contributed by atoms with Crippen molar-refractivity contribution in [2.45, 2.75) is 45.6 Å². The maximum atomic E-state index is 11.9. The van der Waals surface area contributed by atoms with Gasteiger partial charge in [0, 0.05) is 19.8 Å². The monoisotopic (exact) mass is 256 g/mol. The summed E-state index contributed by atoms with van der Waals surface area (Å²) in [6.45, 7) is 6.25. The predicted molar refractivity (Wildman–Crippen MR) is 69.1 cm³/mol. The highest BCUT2D eigenvalue weighted by molar-refractivity contribution is 5.94. The standard InChI is InChI=1S/C13H24N2O3/c1-3-5-8-18-9-6-7-15-10-12(16)14-11(4-2)13(15)17/h11H,3-10H2,1-2H3,(H,14,16). The number of ether oxygens (including phenoxy) is 1. The summed E-state index contributed by atoms with van der Waals surface area (Å²) in [4.78, 5) is 25.0. The average Bonchev–Trinajstić information content (AvgIpc) is 2.37. The molecule has 1 heterocycles. The van der Waals surface area contributed by atoms with Gasteiger partial charge in [0.1, 0.15) is 6.04 Å². The molecule has 0 aromatic rings. The van der Waals surface area contributed by atoms with E-state index in [0.29, 0.717) is 19.6 Å². The molecule has 1 aliphatic heterocycles. The van der Waals surface area contributed by atoms with Gasteiger partial charge in [0.05, 0.1) is 6.54 Å². The Balaban J connectivity index is 2.23. The second-order valence-electron chi connectivity index (χ2n) is 4.61. The van der Waals surface area contributed by atoms with Crippen molar-refractivity contribution in [2.75, 3.05) is 26.3 Å². The van der Waals surface area contributed by atoms with Gasteiger partial charge in [-0.1, -0.05) is 20.3 Å². The number of nitrogens with zero attached hydrogens (tertiary/aromatic N) is 1. The van der Waals surface area contributed by atoms with Crippen molar-refractivity contribution in [1.82, 2.24) is 10.2 Å². The van der Waals surface area contributed by atoms with E-state index in [9.17, 15) is 9.59 Å². The molecular weight excluding hydrogens is 232 g/mol. The highest BCUT2D eigenvalue weighted by atomic mass is 16.5. The van der Waals surface area contributed by atoms with E-state index in [1.807, 2.05) is 6.92 Å².